The molecule has 9 nitrogen and oxygen atoms in total. The Kier molecular flexibility index (Phi) is 5.78. The smallest absolute Gasteiger partial charge is 0.355 e. The molecule has 4 heterocycles. The number of pyridine rings is 1. The van der Waals surface area contributed by atoms with E-state index in [0.717, 1.165) is 23.5 Å². The van der Waals surface area contributed by atoms with Gasteiger partial charge >= 0.3 is 6.18 Å². The van der Waals surface area contributed by atoms with E-state index in [9.17, 15) is 18.0 Å². The number of fused-ring (bicyclic) bond motifs is 2. The molecule has 1 amide bonds. The third kappa shape index (κ3) is 4.44. The molecule has 1 aliphatic rings. The third-order valence-electron chi connectivity index (χ3n) is 6.55. The lowest BCUT2D eigenvalue weighted by atomic mass is 10.1. The number of anilines is 3. The molecule has 2 N–H and O–H groups in total. The fraction of sp³-hybridized carbons (Fsp3) is 0.192. The molecule has 1 aliphatic heterocycles. The number of imidazole rings is 1. The summed E-state index contributed by atoms with van der Waals surface area (Å²) in [5.74, 6) is 0.702. The number of aromatic amines is 1. The first kappa shape index (κ1) is 23.6. The van der Waals surface area contributed by atoms with Gasteiger partial charge in [-0.2, -0.15) is 13.2 Å². The highest BCUT2D eigenvalue weighted by molar-refractivity contribution is 5.96. The molecule has 5 aromatic rings. The zero-order chi connectivity index (χ0) is 26.3. The lowest BCUT2D eigenvalue weighted by molar-refractivity contribution is -0.137. The van der Waals surface area contributed by atoms with Gasteiger partial charge in [0.25, 0.3) is 5.91 Å². The maximum Gasteiger partial charge on any atom is 0.416 e. The maximum atomic E-state index is 13.1. The van der Waals surface area contributed by atoms with Crippen LogP contribution in [0, 0.1) is 0 Å². The first-order valence-corrected chi connectivity index (χ1v) is 11.9. The van der Waals surface area contributed by atoms with E-state index in [1.165, 1.54) is 18.6 Å². The molecule has 0 unspecified atom stereocenters. The van der Waals surface area contributed by atoms with Crippen LogP contribution in [-0.4, -0.2) is 61.9 Å². The number of halogens is 3. The number of H-pyrrole nitrogens is 1. The van der Waals surface area contributed by atoms with Gasteiger partial charge in [0.05, 0.1) is 17.4 Å². The standard InChI is InChI=1S/C26H21F3N8O/c27-26(28,29)17-3-6-19-20(7-8-30-21(19)13-17)35-18-4-1-16(2-5-18)25(38)37-11-9-36(10-12-37)24-22-23(32-14-31-22)33-15-34-24/h1-8,13-15H,9-12H2,(H,30,35)(H,31,32,33,34). The summed E-state index contributed by atoms with van der Waals surface area (Å²) in [4.78, 5) is 36.9. The van der Waals surface area contributed by atoms with Crippen LogP contribution < -0.4 is 10.2 Å². The molecule has 0 bridgehead atoms. The minimum Gasteiger partial charge on any atom is -0.355 e. The molecule has 1 saturated heterocycles. The number of alkyl halides is 3. The van der Waals surface area contributed by atoms with Crippen LogP contribution in [0.15, 0.2) is 67.4 Å². The zero-order valence-electron chi connectivity index (χ0n) is 19.9. The number of piperazine rings is 1. The Morgan fingerprint density at radius 1 is 0.921 bits per heavy atom. The van der Waals surface area contributed by atoms with Crippen LogP contribution in [0.3, 0.4) is 0 Å². The van der Waals surface area contributed by atoms with Crippen LogP contribution in [0.5, 0.6) is 0 Å². The minimum atomic E-state index is -4.43. The SMILES string of the molecule is O=C(c1ccc(Nc2ccnc3cc(C(F)(F)F)ccc23)cc1)N1CCN(c2ncnc3nc[nH]c23)CC1. The number of hydrogen-bond donors (Lipinski definition) is 2. The van der Waals surface area contributed by atoms with Crippen LogP contribution in [0.1, 0.15) is 15.9 Å². The molecule has 192 valence electrons. The number of carbonyl (C=O) groups excluding carboxylic acids is 1. The van der Waals surface area contributed by atoms with Crippen LogP contribution in [0.2, 0.25) is 0 Å². The van der Waals surface area contributed by atoms with E-state index in [1.807, 2.05) is 0 Å². The molecule has 38 heavy (non-hydrogen) atoms. The Balaban J connectivity index is 1.13. The number of nitrogens with one attached hydrogen (secondary N) is 2. The van der Waals surface area contributed by atoms with Crippen molar-refractivity contribution in [2.24, 2.45) is 0 Å². The zero-order valence-corrected chi connectivity index (χ0v) is 19.9. The molecule has 6 rings (SSSR count). The van der Waals surface area contributed by atoms with Crippen LogP contribution >= 0.6 is 0 Å². The second-order valence-electron chi connectivity index (χ2n) is 8.87. The summed E-state index contributed by atoms with van der Waals surface area (Å²) < 4.78 is 39.2. The number of benzene rings is 2. The Morgan fingerprint density at radius 3 is 2.47 bits per heavy atom. The molecular weight excluding hydrogens is 497 g/mol. The fourth-order valence-corrected chi connectivity index (χ4v) is 4.58. The molecular formula is C26H21F3N8O. The largest absolute Gasteiger partial charge is 0.416 e. The van der Waals surface area contributed by atoms with Crippen molar-refractivity contribution in [1.82, 2.24) is 29.8 Å². The first-order valence-electron chi connectivity index (χ1n) is 11.9. The highest BCUT2D eigenvalue weighted by atomic mass is 19.4. The molecule has 12 heteroatoms. The number of hydrogen-bond acceptors (Lipinski definition) is 7. The third-order valence-corrected chi connectivity index (χ3v) is 6.55. The van der Waals surface area contributed by atoms with Gasteiger partial charge in [-0.25, -0.2) is 15.0 Å². The van der Waals surface area contributed by atoms with Crippen LogP contribution in [0.4, 0.5) is 30.4 Å². The van der Waals surface area contributed by atoms with Crippen molar-refractivity contribution in [2.75, 3.05) is 36.4 Å². The van der Waals surface area contributed by atoms with E-state index in [1.54, 1.807) is 41.6 Å². The fourth-order valence-electron chi connectivity index (χ4n) is 4.58. The summed E-state index contributed by atoms with van der Waals surface area (Å²) in [6.45, 7) is 2.34. The van der Waals surface area contributed by atoms with Crippen molar-refractivity contribution in [2.45, 2.75) is 6.18 Å². The summed E-state index contributed by atoms with van der Waals surface area (Å²) in [6.07, 6.45) is 0.0970. The van der Waals surface area contributed by atoms with Crippen molar-refractivity contribution < 1.29 is 18.0 Å². The predicted molar refractivity (Wildman–Crippen MR) is 136 cm³/mol. The van der Waals surface area contributed by atoms with Gasteiger partial charge in [0, 0.05) is 54.7 Å². The van der Waals surface area contributed by atoms with Crippen molar-refractivity contribution in [3.05, 3.63) is 78.5 Å². The van der Waals surface area contributed by atoms with Crippen LogP contribution in [0.25, 0.3) is 22.1 Å². The van der Waals surface area contributed by atoms with Gasteiger partial charge < -0.3 is 20.1 Å². The Labute approximate surface area is 214 Å². The Morgan fingerprint density at radius 2 is 1.71 bits per heavy atom. The summed E-state index contributed by atoms with van der Waals surface area (Å²) >= 11 is 0. The van der Waals surface area contributed by atoms with E-state index in [2.05, 4.69) is 35.1 Å². The number of aromatic nitrogens is 5. The van der Waals surface area contributed by atoms with Gasteiger partial charge in [0.1, 0.15) is 11.8 Å². The quantitative estimate of drug-likeness (QED) is 0.358. The number of nitrogens with zero attached hydrogens (tertiary/aromatic N) is 6. The first-order chi connectivity index (χ1) is 18.4. The maximum absolute atomic E-state index is 13.1. The summed E-state index contributed by atoms with van der Waals surface area (Å²) in [5, 5.41) is 3.78. The van der Waals surface area contributed by atoms with Crippen molar-refractivity contribution in [1.29, 1.82) is 0 Å². The van der Waals surface area contributed by atoms with Crippen molar-refractivity contribution >= 4 is 45.2 Å². The molecule has 0 radical (unpaired) electrons. The van der Waals surface area contributed by atoms with E-state index in [-0.39, 0.29) is 11.4 Å². The predicted octanol–water partition coefficient (Wildman–Crippen LogP) is 4.63. The summed E-state index contributed by atoms with van der Waals surface area (Å²) in [7, 11) is 0. The molecule has 2 aromatic carbocycles. The molecule has 0 spiro atoms. The van der Waals surface area contributed by atoms with Gasteiger partial charge in [-0.05, 0) is 42.5 Å². The van der Waals surface area contributed by atoms with Crippen LogP contribution in [-0.2, 0) is 6.18 Å². The number of rotatable bonds is 4. The monoisotopic (exact) mass is 518 g/mol. The highest BCUT2D eigenvalue weighted by Gasteiger charge is 2.30. The van der Waals surface area contributed by atoms with Gasteiger partial charge in [0.15, 0.2) is 11.5 Å². The average molecular weight is 519 g/mol. The van der Waals surface area contributed by atoms with Gasteiger partial charge in [0.2, 0.25) is 0 Å². The highest BCUT2D eigenvalue weighted by Crippen LogP contribution is 2.33. The molecule has 1 fully saturated rings. The van der Waals surface area contributed by atoms with E-state index < -0.39 is 11.7 Å². The summed E-state index contributed by atoms with van der Waals surface area (Å²) in [5.41, 5.74) is 2.75. The van der Waals surface area contributed by atoms with Gasteiger partial charge in [-0.3, -0.25) is 9.78 Å². The molecule has 3 aromatic heterocycles. The Bertz CT molecular complexity index is 1630. The van der Waals surface area contributed by atoms with Gasteiger partial charge in [-0.1, -0.05) is 6.07 Å². The van der Waals surface area contributed by atoms with E-state index in [0.29, 0.717) is 54.2 Å². The second kappa shape index (κ2) is 9.29. The number of amides is 1. The topological polar surface area (TPSA) is 103 Å². The number of carbonyl (C=O) groups is 1. The normalized spacial score (nSPS) is 14.3. The molecule has 0 saturated carbocycles. The lowest BCUT2D eigenvalue weighted by Crippen LogP contribution is -2.49. The van der Waals surface area contributed by atoms with E-state index >= 15 is 0 Å². The van der Waals surface area contributed by atoms with Gasteiger partial charge in [-0.15, -0.1) is 0 Å². The summed E-state index contributed by atoms with van der Waals surface area (Å²) in [6, 6.07) is 12.2. The Hall–Kier alpha value is -4.74. The van der Waals surface area contributed by atoms with Crippen molar-refractivity contribution in [3.8, 4) is 0 Å². The average Bonchev–Trinajstić information content (AvgIpc) is 3.42. The molecule has 0 atom stereocenters. The second-order valence-corrected chi connectivity index (χ2v) is 8.87. The molecule has 0 aliphatic carbocycles. The minimum absolute atomic E-state index is 0.0698. The van der Waals surface area contributed by atoms with E-state index in [4.69, 9.17) is 0 Å². The van der Waals surface area contributed by atoms with Crippen molar-refractivity contribution in [3.63, 3.8) is 0 Å². The lowest BCUT2D eigenvalue weighted by Gasteiger charge is -2.35.